The molecule has 0 aliphatic heterocycles. The zero-order chi connectivity index (χ0) is 9.68. The van der Waals surface area contributed by atoms with Crippen LogP contribution in [0.3, 0.4) is 0 Å². The number of benzene rings is 1. The average molecular weight is 200 g/mol. The van der Waals surface area contributed by atoms with Gasteiger partial charge in [-0.3, -0.25) is 0 Å². The van der Waals surface area contributed by atoms with E-state index in [-0.39, 0.29) is 5.82 Å². The molecule has 70 valence electrons. The highest BCUT2D eigenvalue weighted by molar-refractivity contribution is 6.32. The number of nitrogens with one attached hydrogen (secondary N) is 1. The molecule has 0 bridgehead atoms. The predicted molar refractivity (Wildman–Crippen MR) is 54.4 cm³/mol. The summed E-state index contributed by atoms with van der Waals surface area (Å²) in [6.45, 7) is 0.743. The Hall–Kier alpha value is -0.860. The van der Waals surface area contributed by atoms with Gasteiger partial charge in [0.15, 0.2) is 0 Å². The van der Waals surface area contributed by atoms with Gasteiger partial charge in [-0.05, 0) is 30.8 Å². The van der Waals surface area contributed by atoms with Gasteiger partial charge in [0.25, 0.3) is 0 Å². The Morgan fingerprint density at radius 1 is 1.54 bits per heavy atom. The summed E-state index contributed by atoms with van der Waals surface area (Å²) in [5, 5.41) is 3.51. The predicted octanol–water partition coefficient (Wildman–Crippen LogP) is 2.71. The minimum atomic E-state index is -0.270. The normalized spacial score (nSPS) is 11.0. The van der Waals surface area contributed by atoms with Crippen molar-refractivity contribution in [3.8, 4) is 0 Å². The van der Waals surface area contributed by atoms with E-state index in [1.54, 1.807) is 12.1 Å². The maximum atomic E-state index is 12.7. The highest BCUT2D eigenvalue weighted by Gasteiger charge is 1.97. The van der Waals surface area contributed by atoms with Crippen LogP contribution in [0.15, 0.2) is 24.3 Å². The van der Waals surface area contributed by atoms with Crippen molar-refractivity contribution in [3.63, 3.8) is 0 Å². The van der Waals surface area contributed by atoms with Gasteiger partial charge in [-0.1, -0.05) is 23.8 Å². The summed E-state index contributed by atoms with van der Waals surface area (Å²) in [5.41, 5.74) is 0.705. The molecule has 0 unspecified atom stereocenters. The number of hydrogen-bond donors (Lipinski definition) is 1. The molecule has 0 atom stereocenters. The van der Waals surface area contributed by atoms with Crippen LogP contribution in [-0.2, 0) is 0 Å². The minimum absolute atomic E-state index is 0.270. The fourth-order valence-electron chi connectivity index (χ4n) is 0.946. The summed E-state index contributed by atoms with van der Waals surface area (Å²) in [4.78, 5) is 0. The van der Waals surface area contributed by atoms with Gasteiger partial charge in [0.05, 0.1) is 0 Å². The lowest BCUT2D eigenvalue weighted by molar-refractivity contribution is 0.627. The summed E-state index contributed by atoms with van der Waals surface area (Å²) < 4.78 is 12.7. The monoisotopic (exact) mass is 199 g/mol. The van der Waals surface area contributed by atoms with Gasteiger partial charge in [0, 0.05) is 11.6 Å². The van der Waals surface area contributed by atoms with E-state index in [2.05, 4.69) is 5.32 Å². The number of rotatable bonds is 3. The third-order valence-corrected chi connectivity index (χ3v) is 1.92. The Labute approximate surface area is 82.2 Å². The summed E-state index contributed by atoms with van der Waals surface area (Å²) in [6.07, 6.45) is 3.68. The van der Waals surface area contributed by atoms with Crippen molar-refractivity contribution in [3.05, 3.63) is 40.7 Å². The molecule has 13 heavy (non-hydrogen) atoms. The summed E-state index contributed by atoms with van der Waals surface area (Å²) in [6, 6.07) is 4.31. The van der Waals surface area contributed by atoms with E-state index >= 15 is 0 Å². The highest BCUT2D eigenvalue weighted by atomic mass is 35.5. The fraction of sp³-hybridized carbons (Fsp3) is 0.200. The number of likely N-dealkylation sites (N-methyl/N-ethyl adjacent to an activating group) is 1. The lowest BCUT2D eigenvalue weighted by atomic mass is 10.2. The van der Waals surface area contributed by atoms with Gasteiger partial charge in [-0.25, -0.2) is 4.39 Å². The van der Waals surface area contributed by atoms with Gasteiger partial charge >= 0.3 is 0 Å². The molecule has 0 aromatic heterocycles. The maximum absolute atomic E-state index is 12.7. The molecule has 0 aliphatic rings. The van der Waals surface area contributed by atoms with Crippen LogP contribution >= 0.6 is 11.6 Å². The van der Waals surface area contributed by atoms with Crippen molar-refractivity contribution < 1.29 is 4.39 Å². The highest BCUT2D eigenvalue weighted by Crippen LogP contribution is 2.18. The van der Waals surface area contributed by atoms with Gasteiger partial charge < -0.3 is 5.32 Å². The van der Waals surface area contributed by atoms with E-state index in [4.69, 9.17) is 11.6 Å². The van der Waals surface area contributed by atoms with Gasteiger partial charge in [-0.15, -0.1) is 0 Å². The van der Waals surface area contributed by atoms with Crippen molar-refractivity contribution >= 4 is 17.7 Å². The minimum Gasteiger partial charge on any atom is -0.316 e. The first-order valence-corrected chi connectivity index (χ1v) is 4.38. The summed E-state index contributed by atoms with van der Waals surface area (Å²) in [5.74, 6) is -0.270. The van der Waals surface area contributed by atoms with Crippen LogP contribution in [-0.4, -0.2) is 13.6 Å². The Morgan fingerprint density at radius 3 is 3.00 bits per heavy atom. The van der Waals surface area contributed by atoms with E-state index in [1.807, 2.05) is 13.1 Å². The zero-order valence-corrected chi connectivity index (χ0v) is 8.11. The van der Waals surface area contributed by atoms with Crippen molar-refractivity contribution in [2.24, 2.45) is 0 Å². The largest absolute Gasteiger partial charge is 0.316 e. The molecule has 0 spiro atoms. The van der Waals surface area contributed by atoms with E-state index in [0.29, 0.717) is 10.6 Å². The van der Waals surface area contributed by atoms with Crippen LogP contribution < -0.4 is 5.32 Å². The molecule has 1 rings (SSSR count). The second-order valence-electron chi connectivity index (χ2n) is 2.63. The lowest BCUT2D eigenvalue weighted by Gasteiger charge is -1.97. The zero-order valence-electron chi connectivity index (χ0n) is 7.35. The quantitative estimate of drug-likeness (QED) is 0.790. The van der Waals surface area contributed by atoms with Crippen molar-refractivity contribution in [2.45, 2.75) is 0 Å². The second-order valence-corrected chi connectivity index (χ2v) is 3.03. The van der Waals surface area contributed by atoms with Gasteiger partial charge in [0.2, 0.25) is 0 Å². The molecule has 0 heterocycles. The molecular formula is C10H11ClFN. The summed E-state index contributed by atoms with van der Waals surface area (Å²) >= 11 is 5.84. The first-order valence-electron chi connectivity index (χ1n) is 4.00. The molecule has 0 fully saturated rings. The van der Waals surface area contributed by atoms with Crippen molar-refractivity contribution in [1.82, 2.24) is 5.32 Å². The van der Waals surface area contributed by atoms with Crippen molar-refractivity contribution in [1.29, 1.82) is 0 Å². The van der Waals surface area contributed by atoms with E-state index in [9.17, 15) is 4.39 Å². The maximum Gasteiger partial charge on any atom is 0.123 e. The Kier molecular flexibility index (Phi) is 3.93. The average Bonchev–Trinajstić information content (AvgIpc) is 2.11. The second kappa shape index (κ2) is 5.00. The molecule has 0 radical (unpaired) electrons. The van der Waals surface area contributed by atoms with Crippen LogP contribution in [0.1, 0.15) is 5.56 Å². The molecule has 0 saturated carbocycles. The van der Waals surface area contributed by atoms with Crippen LogP contribution in [0.5, 0.6) is 0 Å². The van der Waals surface area contributed by atoms with Crippen LogP contribution in [0, 0.1) is 5.82 Å². The fourth-order valence-corrected chi connectivity index (χ4v) is 1.13. The van der Waals surface area contributed by atoms with Gasteiger partial charge in [-0.2, -0.15) is 0 Å². The molecule has 0 aliphatic carbocycles. The Morgan fingerprint density at radius 2 is 2.31 bits per heavy atom. The standard InChI is InChI=1S/C10H11ClFN/c1-13-6-2-3-8-7-9(12)4-5-10(8)11/h2-5,7,13H,6H2,1H3. The van der Waals surface area contributed by atoms with Gasteiger partial charge in [0.1, 0.15) is 5.82 Å². The number of hydrogen-bond acceptors (Lipinski definition) is 1. The Balaban J connectivity index is 2.81. The van der Waals surface area contributed by atoms with E-state index in [1.165, 1.54) is 12.1 Å². The molecule has 1 aromatic rings. The molecule has 3 heteroatoms. The van der Waals surface area contributed by atoms with Crippen LogP contribution in [0.2, 0.25) is 5.02 Å². The topological polar surface area (TPSA) is 12.0 Å². The molecule has 0 saturated heterocycles. The number of halogens is 2. The molecule has 1 aromatic carbocycles. The molecular weight excluding hydrogens is 189 g/mol. The lowest BCUT2D eigenvalue weighted by Crippen LogP contribution is -2.03. The van der Waals surface area contributed by atoms with Crippen molar-refractivity contribution in [2.75, 3.05) is 13.6 Å². The smallest absolute Gasteiger partial charge is 0.123 e. The first-order chi connectivity index (χ1) is 6.24. The third-order valence-electron chi connectivity index (χ3n) is 1.58. The van der Waals surface area contributed by atoms with E-state index in [0.717, 1.165) is 6.54 Å². The molecule has 1 nitrogen and oxygen atoms in total. The molecule has 0 amide bonds. The molecule has 1 N–H and O–H groups in total. The Bertz CT molecular complexity index is 310. The SMILES string of the molecule is CNCC=Cc1cc(F)ccc1Cl. The van der Waals surface area contributed by atoms with Crippen LogP contribution in [0.4, 0.5) is 4.39 Å². The van der Waals surface area contributed by atoms with E-state index < -0.39 is 0 Å². The first kappa shape index (κ1) is 10.2. The van der Waals surface area contributed by atoms with Crippen LogP contribution in [0.25, 0.3) is 6.08 Å². The third kappa shape index (κ3) is 3.17. The summed E-state index contributed by atoms with van der Waals surface area (Å²) in [7, 11) is 1.84.